The predicted octanol–water partition coefficient (Wildman–Crippen LogP) is 0.707. The molecule has 16 heavy (non-hydrogen) atoms. The van der Waals surface area contributed by atoms with Crippen molar-refractivity contribution < 1.29 is 5.11 Å². The number of hydrogen-bond acceptors (Lipinski definition) is 5. The van der Waals surface area contributed by atoms with Crippen LogP contribution in [0.4, 0.5) is 5.95 Å². The van der Waals surface area contributed by atoms with Crippen molar-refractivity contribution in [3.05, 3.63) is 0 Å². The lowest BCUT2D eigenvalue weighted by Crippen LogP contribution is -2.36. The molecule has 1 aliphatic carbocycles. The largest absolute Gasteiger partial charge is 0.388 e. The average molecular weight is 225 g/mol. The standard InChI is InChI=1S/C10H19N5O/c1-15-9(12-13-14-15)11-8-10(16)6-4-2-3-5-7-10/h16H,2-8H2,1H3,(H,11,12,14). The molecule has 0 saturated heterocycles. The second-order valence-electron chi connectivity index (χ2n) is 4.62. The summed E-state index contributed by atoms with van der Waals surface area (Å²) < 4.78 is 1.57. The number of nitrogens with one attached hydrogen (secondary N) is 1. The van der Waals surface area contributed by atoms with Crippen molar-refractivity contribution in [3.63, 3.8) is 0 Å². The molecule has 0 aliphatic heterocycles. The van der Waals surface area contributed by atoms with E-state index < -0.39 is 5.60 Å². The minimum Gasteiger partial charge on any atom is -0.388 e. The molecule has 6 heteroatoms. The lowest BCUT2D eigenvalue weighted by Gasteiger charge is -2.26. The molecule has 1 fully saturated rings. The Kier molecular flexibility index (Phi) is 3.38. The van der Waals surface area contributed by atoms with E-state index in [0.29, 0.717) is 12.5 Å². The number of rotatable bonds is 3. The molecule has 1 aliphatic rings. The van der Waals surface area contributed by atoms with Crippen LogP contribution in [0.25, 0.3) is 0 Å². The summed E-state index contributed by atoms with van der Waals surface area (Å²) in [4.78, 5) is 0. The van der Waals surface area contributed by atoms with Gasteiger partial charge < -0.3 is 10.4 Å². The second-order valence-corrected chi connectivity index (χ2v) is 4.62. The molecule has 6 nitrogen and oxygen atoms in total. The average Bonchev–Trinajstić information content (AvgIpc) is 2.54. The van der Waals surface area contributed by atoms with Gasteiger partial charge in [0.05, 0.1) is 5.60 Å². The van der Waals surface area contributed by atoms with Gasteiger partial charge >= 0.3 is 0 Å². The molecule has 1 heterocycles. The highest BCUT2D eigenvalue weighted by Gasteiger charge is 2.28. The fraction of sp³-hybridized carbons (Fsp3) is 0.900. The van der Waals surface area contributed by atoms with Gasteiger partial charge in [-0.25, -0.2) is 4.68 Å². The van der Waals surface area contributed by atoms with Crippen molar-refractivity contribution in [3.8, 4) is 0 Å². The highest BCUT2D eigenvalue weighted by atomic mass is 16.3. The van der Waals surface area contributed by atoms with Crippen molar-refractivity contribution >= 4 is 5.95 Å². The Morgan fingerprint density at radius 3 is 2.56 bits per heavy atom. The van der Waals surface area contributed by atoms with E-state index in [4.69, 9.17) is 0 Å². The molecule has 90 valence electrons. The number of aryl methyl sites for hydroxylation is 1. The zero-order valence-corrected chi connectivity index (χ0v) is 9.69. The zero-order chi connectivity index (χ0) is 11.4. The normalized spacial score (nSPS) is 20.4. The third-order valence-electron chi connectivity index (χ3n) is 3.23. The summed E-state index contributed by atoms with van der Waals surface area (Å²) in [6, 6.07) is 0. The van der Waals surface area contributed by atoms with Gasteiger partial charge in [-0.1, -0.05) is 30.8 Å². The Balaban J connectivity index is 1.90. The third kappa shape index (κ3) is 2.69. The van der Waals surface area contributed by atoms with E-state index in [0.717, 1.165) is 25.7 Å². The lowest BCUT2D eigenvalue weighted by atomic mass is 9.95. The first-order valence-electron chi connectivity index (χ1n) is 5.88. The first kappa shape index (κ1) is 11.3. The molecule has 2 N–H and O–H groups in total. The summed E-state index contributed by atoms with van der Waals surface area (Å²) in [5.74, 6) is 0.609. The van der Waals surface area contributed by atoms with E-state index in [1.165, 1.54) is 12.8 Å². The third-order valence-corrected chi connectivity index (χ3v) is 3.23. The van der Waals surface area contributed by atoms with E-state index >= 15 is 0 Å². The Bertz CT molecular complexity index is 330. The molecule has 0 amide bonds. The van der Waals surface area contributed by atoms with Crippen LogP contribution in [0.1, 0.15) is 38.5 Å². The molecular formula is C10H19N5O. The lowest BCUT2D eigenvalue weighted by molar-refractivity contribution is 0.0379. The van der Waals surface area contributed by atoms with Gasteiger partial charge in [-0.3, -0.25) is 0 Å². The van der Waals surface area contributed by atoms with Crippen molar-refractivity contribution in [1.29, 1.82) is 0 Å². The molecule has 0 radical (unpaired) electrons. The first-order chi connectivity index (χ1) is 7.70. The Labute approximate surface area is 95.0 Å². The van der Waals surface area contributed by atoms with Crippen molar-refractivity contribution in [2.75, 3.05) is 11.9 Å². The minimum absolute atomic E-state index is 0.529. The van der Waals surface area contributed by atoms with Crippen molar-refractivity contribution in [1.82, 2.24) is 20.2 Å². The Morgan fingerprint density at radius 2 is 2.00 bits per heavy atom. The maximum atomic E-state index is 10.4. The van der Waals surface area contributed by atoms with E-state index in [2.05, 4.69) is 20.8 Å². The molecule has 1 saturated carbocycles. The first-order valence-corrected chi connectivity index (χ1v) is 5.88. The SMILES string of the molecule is Cn1nnnc1NCC1(O)CCCCCC1. The van der Waals surface area contributed by atoms with Crippen LogP contribution in [0, 0.1) is 0 Å². The highest BCUT2D eigenvalue weighted by molar-refractivity contribution is 5.22. The summed E-state index contributed by atoms with van der Waals surface area (Å²) in [6.07, 6.45) is 6.41. The van der Waals surface area contributed by atoms with Crippen LogP contribution in [-0.2, 0) is 7.05 Å². The van der Waals surface area contributed by atoms with Crippen LogP contribution in [0.15, 0.2) is 0 Å². The number of anilines is 1. The molecule has 0 spiro atoms. The van der Waals surface area contributed by atoms with Gasteiger partial charge in [0, 0.05) is 13.6 Å². The number of aromatic nitrogens is 4. The van der Waals surface area contributed by atoms with E-state index in [-0.39, 0.29) is 0 Å². The Morgan fingerprint density at radius 1 is 1.31 bits per heavy atom. The van der Waals surface area contributed by atoms with Crippen LogP contribution >= 0.6 is 0 Å². The van der Waals surface area contributed by atoms with Crippen molar-refractivity contribution in [2.24, 2.45) is 7.05 Å². The van der Waals surface area contributed by atoms with Gasteiger partial charge in [-0.15, -0.1) is 0 Å². The topological polar surface area (TPSA) is 75.9 Å². The van der Waals surface area contributed by atoms with Gasteiger partial charge in [0.25, 0.3) is 0 Å². The number of tetrazole rings is 1. The fourth-order valence-electron chi connectivity index (χ4n) is 2.19. The molecule has 1 aromatic heterocycles. The maximum Gasteiger partial charge on any atom is 0.242 e. The molecule has 0 aromatic carbocycles. The monoisotopic (exact) mass is 225 g/mol. The summed E-state index contributed by atoms with van der Waals surface area (Å²) in [6.45, 7) is 0.529. The molecule has 2 rings (SSSR count). The van der Waals surface area contributed by atoms with Crippen LogP contribution in [0.5, 0.6) is 0 Å². The summed E-state index contributed by atoms with van der Waals surface area (Å²) >= 11 is 0. The van der Waals surface area contributed by atoms with Gasteiger partial charge in [-0.2, -0.15) is 0 Å². The Hall–Kier alpha value is -1.17. The van der Waals surface area contributed by atoms with E-state index in [1.807, 2.05) is 0 Å². The van der Waals surface area contributed by atoms with Crippen LogP contribution in [0.2, 0.25) is 0 Å². The molecule has 0 unspecified atom stereocenters. The van der Waals surface area contributed by atoms with Gasteiger partial charge in [0.2, 0.25) is 5.95 Å². The van der Waals surface area contributed by atoms with Gasteiger partial charge in [0.15, 0.2) is 0 Å². The number of aliphatic hydroxyl groups is 1. The highest BCUT2D eigenvalue weighted by Crippen LogP contribution is 2.26. The maximum absolute atomic E-state index is 10.4. The quantitative estimate of drug-likeness (QED) is 0.741. The minimum atomic E-state index is -0.595. The summed E-state index contributed by atoms with van der Waals surface area (Å²) in [5.41, 5.74) is -0.595. The fourth-order valence-corrected chi connectivity index (χ4v) is 2.19. The van der Waals surface area contributed by atoms with Crippen LogP contribution in [0.3, 0.4) is 0 Å². The molecule has 0 atom stereocenters. The molecule has 0 bridgehead atoms. The smallest absolute Gasteiger partial charge is 0.242 e. The zero-order valence-electron chi connectivity index (χ0n) is 9.69. The number of nitrogens with zero attached hydrogens (tertiary/aromatic N) is 4. The molecule has 1 aromatic rings. The predicted molar refractivity (Wildman–Crippen MR) is 59.9 cm³/mol. The van der Waals surface area contributed by atoms with Crippen molar-refractivity contribution in [2.45, 2.75) is 44.1 Å². The van der Waals surface area contributed by atoms with Crippen LogP contribution in [-0.4, -0.2) is 37.5 Å². The van der Waals surface area contributed by atoms with Gasteiger partial charge in [-0.05, 0) is 23.3 Å². The summed E-state index contributed by atoms with van der Waals surface area (Å²) in [5, 5.41) is 24.6. The van der Waals surface area contributed by atoms with Crippen LogP contribution < -0.4 is 5.32 Å². The molecular weight excluding hydrogens is 206 g/mol. The van der Waals surface area contributed by atoms with E-state index in [9.17, 15) is 5.11 Å². The summed E-state index contributed by atoms with van der Waals surface area (Å²) in [7, 11) is 1.78. The number of hydrogen-bond donors (Lipinski definition) is 2. The second kappa shape index (κ2) is 4.78. The van der Waals surface area contributed by atoms with Gasteiger partial charge in [0.1, 0.15) is 0 Å². The van der Waals surface area contributed by atoms with E-state index in [1.54, 1.807) is 11.7 Å².